The summed E-state index contributed by atoms with van der Waals surface area (Å²) in [5, 5.41) is 0.817. The van der Waals surface area contributed by atoms with E-state index in [2.05, 4.69) is 20.8 Å². The van der Waals surface area contributed by atoms with Crippen LogP contribution >= 0.6 is 27.3 Å². The molecule has 0 amide bonds. The first-order chi connectivity index (χ1) is 7.48. The minimum Gasteiger partial charge on any atom is -0.378 e. The number of nitrogens with zero attached hydrogens (tertiary/aromatic N) is 1. The molecule has 1 aromatic rings. The maximum Gasteiger partial charge on any atom is 0.178 e. The Hall–Kier alpha value is -0.110. The maximum atomic E-state index is 11.6. The Kier molecular flexibility index (Phi) is 3.58. The van der Waals surface area contributed by atoms with Gasteiger partial charge in [-0.05, 0) is 22.0 Å². The fourth-order valence-corrected chi connectivity index (χ4v) is 4.69. The first-order valence-electron chi connectivity index (χ1n) is 4.80. The van der Waals surface area contributed by atoms with Crippen LogP contribution in [-0.4, -0.2) is 41.0 Å². The van der Waals surface area contributed by atoms with Crippen LogP contribution in [-0.2, 0) is 14.6 Å². The molecular formula is C9H12BrNO3S2. The molecule has 0 N–H and O–H groups in total. The summed E-state index contributed by atoms with van der Waals surface area (Å²) in [5.74, 6) is 0. The number of anilines is 1. The predicted molar refractivity (Wildman–Crippen MR) is 68.2 cm³/mol. The molecule has 0 aliphatic carbocycles. The van der Waals surface area contributed by atoms with Crippen LogP contribution in [0.5, 0.6) is 0 Å². The van der Waals surface area contributed by atoms with E-state index in [9.17, 15) is 8.42 Å². The Morgan fingerprint density at radius 1 is 1.44 bits per heavy atom. The van der Waals surface area contributed by atoms with Crippen LogP contribution < -0.4 is 4.90 Å². The lowest BCUT2D eigenvalue weighted by Crippen LogP contribution is -2.36. The smallest absolute Gasteiger partial charge is 0.178 e. The molecule has 90 valence electrons. The molecule has 2 rings (SSSR count). The van der Waals surface area contributed by atoms with Crippen LogP contribution in [0.1, 0.15) is 0 Å². The van der Waals surface area contributed by atoms with Crippen LogP contribution in [0.4, 0.5) is 5.00 Å². The highest BCUT2D eigenvalue weighted by atomic mass is 79.9. The molecule has 0 spiro atoms. The molecular weight excluding hydrogens is 314 g/mol. The van der Waals surface area contributed by atoms with Gasteiger partial charge in [-0.2, -0.15) is 0 Å². The van der Waals surface area contributed by atoms with Crippen LogP contribution in [0.25, 0.3) is 0 Å². The molecule has 0 unspecified atom stereocenters. The van der Waals surface area contributed by atoms with Crippen LogP contribution in [0.2, 0.25) is 0 Å². The van der Waals surface area contributed by atoms with Crippen molar-refractivity contribution in [3.8, 4) is 0 Å². The summed E-state index contributed by atoms with van der Waals surface area (Å²) in [6.45, 7) is 2.79. The van der Waals surface area contributed by atoms with Crippen molar-refractivity contribution in [1.29, 1.82) is 0 Å². The summed E-state index contributed by atoms with van der Waals surface area (Å²) in [6, 6.07) is 1.67. The SMILES string of the molecule is CS(=O)(=O)c1cc(Br)sc1N1CCOCC1. The Labute approximate surface area is 107 Å². The van der Waals surface area contributed by atoms with Gasteiger partial charge in [0.15, 0.2) is 9.84 Å². The Morgan fingerprint density at radius 3 is 2.62 bits per heavy atom. The standard InChI is InChI=1S/C9H12BrNO3S2/c1-16(12,13)7-6-8(10)15-9(7)11-2-4-14-5-3-11/h6H,2-5H2,1H3. The summed E-state index contributed by atoms with van der Waals surface area (Å²) in [6.07, 6.45) is 1.24. The maximum absolute atomic E-state index is 11.6. The van der Waals surface area contributed by atoms with Crippen LogP contribution in [0.15, 0.2) is 14.7 Å². The number of thiophene rings is 1. The summed E-state index contributed by atoms with van der Waals surface area (Å²) in [5.41, 5.74) is 0. The zero-order chi connectivity index (χ0) is 11.8. The first kappa shape index (κ1) is 12.3. The summed E-state index contributed by atoms with van der Waals surface area (Å²) in [7, 11) is -3.16. The molecule has 1 saturated heterocycles. The third-order valence-electron chi connectivity index (χ3n) is 2.35. The molecule has 2 heterocycles. The van der Waals surface area contributed by atoms with Gasteiger partial charge < -0.3 is 9.64 Å². The van der Waals surface area contributed by atoms with E-state index in [4.69, 9.17) is 4.74 Å². The minimum absolute atomic E-state index is 0.409. The summed E-state index contributed by atoms with van der Waals surface area (Å²) < 4.78 is 29.4. The van der Waals surface area contributed by atoms with Gasteiger partial charge in [-0.1, -0.05) is 0 Å². The zero-order valence-corrected chi connectivity index (χ0v) is 12.0. The van der Waals surface area contributed by atoms with Gasteiger partial charge in [0.05, 0.1) is 17.0 Å². The van der Waals surface area contributed by atoms with Gasteiger partial charge in [-0.3, -0.25) is 0 Å². The number of halogens is 1. The highest BCUT2D eigenvalue weighted by Gasteiger charge is 2.23. The molecule has 4 nitrogen and oxygen atoms in total. The monoisotopic (exact) mass is 325 g/mol. The van der Waals surface area contributed by atoms with Crippen LogP contribution in [0, 0.1) is 0 Å². The number of rotatable bonds is 2. The van der Waals surface area contributed by atoms with Gasteiger partial charge in [0.2, 0.25) is 0 Å². The third kappa shape index (κ3) is 2.58. The van der Waals surface area contributed by atoms with E-state index in [1.807, 2.05) is 0 Å². The molecule has 1 aliphatic rings. The number of hydrogen-bond donors (Lipinski definition) is 0. The van der Waals surface area contributed by atoms with Gasteiger partial charge in [0.25, 0.3) is 0 Å². The molecule has 7 heteroatoms. The minimum atomic E-state index is -3.16. The fraction of sp³-hybridized carbons (Fsp3) is 0.556. The average molecular weight is 326 g/mol. The molecule has 1 fully saturated rings. The highest BCUT2D eigenvalue weighted by molar-refractivity contribution is 9.11. The largest absolute Gasteiger partial charge is 0.378 e. The van der Waals surface area contributed by atoms with Crippen molar-refractivity contribution in [2.75, 3.05) is 37.5 Å². The normalized spacial score (nSPS) is 17.8. The average Bonchev–Trinajstić information content (AvgIpc) is 2.61. The zero-order valence-electron chi connectivity index (χ0n) is 8.77. The van der Waals surface area contributed by atoms with Crippen molar-refractivity contribution in [3.63, 3.8) is 0 Å². The lowest BCUT2D eigenvalue weighted by Gasteiger charge is -2.28. The molecule has 0 radical (unpaired) electrons. The van der Waals surface area contributed by atoms with Crippen molar-refractivity contribution >= 4 is 42.1 Å². The van der Waals surface area contributed by atoms with E-state index < -0.39 is 9.84 Å². The second kappa shape index (κ2) is 4.64. The molecule has 0 aromatic carbocycles. The Bertz CT molecular complexity index is 477. The third-order valence-corrected chi connectivity index (χ3v) is 5.29. The van der Waals surface area contributed by atoms with Crippen molar-refractivity contribution < 1.29 is 13.2 Å². The van der Waals surface area contributed by atoms with E-state index >= 15 is 0 Å². The second-order valence-electron chi connectivity index (χ2n) is 3.59. The van der Waals surface area contributed by atoms with Gasteiger partial charge >= 0.3 is 0 Å². The predicted octanol–water partition coefficient (Wildman–Crippen LogP) is 1.75. The van der Waals surface area contributed by atoms with Crippen molar-refractivity contribution in [1.82, 2.24) is 0 Å². The van der Waals surface area contributed by atoms with Crippen molar-refractivity contribution in [2.24, 2.45) is 0 Å². The summed E-state index contributed by atoms with van der Waals surface area (Å²) in [4.78, 5) is 2.47. The summed E-state index contributed by atoms with van der Waals surface area (Å²) >= 11 is 4.79. The van der Waals surface area contributed by atoms with E-state index in [1.165, 1.54) is 17.6 Å². The molecule has 0 bridgehead atoms. The van der Waals surface area contributed by atoms with Gasteiger partial charge in [-0.15, -0.1) is 11.3 Å². The van der Waals surface area contributed by atoms with Crippen molar-refractivity contribution in [2.45, 2.75) is 4.90 Å². The van der Waals surface area contributed by atoms with Crippen LogP contribution in [0.3, 0.4) is 0 Å². The fourth-order valence-electron chi connectivity index (χ4n) is 1.59. The van der Waals surface area contributed by atoms with Gasteiger partial charge in [-0.25, -0.2) is 8.42 Å². The number of ether oxygens (including phenoxy) is 1. The van der Waals surface area contributed by atoms with E-state index in [0.29, 0.717) is 18.1 Å². The Balaban J connectivity index is 2.39. The van der Waals surface area contributed by atoms with E-state index in [1.54, 1.807) is 6.07 Å². The molecule has 1 aliphatic heterocycles. The number of sulfone groups is 1. The molecule has 0 atom stereocenters. The molecule has 0 saturated carbocycles. The number of morpholine rings is 1. The van der Waals surface area contributed by atoms with E-state index in [-0.39, 0.29) is 0 Å². The highest BCUT2D eigenvalue weighted by Crippen LogP contribution is 2.38. The first-order valence-corrected chi connectivity index (χ1v) is 8.30. The van der Waals surface area contributed by atoms with Crippen molar-refractivity contribution in [3.05, 3.63) is 9.85 Å². The molecule has 1 aromatic heterocycles. The molecule has 16 heavy (non-hydrogen) atoms. The topological polar surface area (TPSA) is 46.6 Å². The quantitative estimate of drug-likeness (QED) is 0.831. The van der Waals surface area contributed by atoms with Gasteiger partial charge in [0, 0.05) is 19.3 Å². The van der Waals surface area contributed by atoms with Gasteiger partial charge in [0.1, 0.15) is 9.90 Å². The Morgan fingerprint density at radius 2 is 2.06 bits per heavy atom. The lowest BCUT2D eigenvalue weighted by atomic mass is 10.4. The second-order valence-corrected chi connectivity index (χ2v) is 7.99. The lowest BCUT2D eigenvalue weighted by molar-refractivity contribution is 0.123. The number of hydrogen-bond acceptors (Lipinski definition) is 5. The van der Waals surface area contributed by atoms with E-state index in [0.717, 1.165) is 21.9 Å².